The van der Waals surface area contributed by atoms with Crippen LogP contribution >= 0.6 is 0 Å². The summed E-state index contributed by atoms with van der Waals surface area (Å²) in [7, 11) is 1.94. The second-order valence-electron chi connectivity index (χ2n) is 4.65. The van der Waals surface area contributed by atoms with Crippen molar-refractivity contribution in [3.63, 3.8) is 0 Å². The Morgan fingerprint density at radius 2 is 2.21 bits per heavy atom. The lowest BCUT2D eigenvalue weighted by Crippen LogP contribution is -2.30. The molecule has 0 radical (unpaired) electrons. The number of benzene rings is 1. The highest BCUT2D eigenvalue weighted by Crippen LogP contribution is 2.21. The first-order valence-electron chi connectivity index (χ1n) is 6.18. The zero-order chi connectivity index (χ0) is 13.8. The van der Waals surface area contributed by atoms with E-state index in [0.29, 0.717) is 13.1 Å². The van der Waals surface area contributed by atoms with Crippen molar-refractivity contribution >= 4 is 0 Å². The van der Waals surface area contributed by atoms with E-state index in [9.17, 15) is 4.39 Å². The summed E-state index contributed by atoms with van der Waals surface area (Å²) in [5.41, 5.74) is 7.52. The lowest BCUT2D eigenvalue weighted by Gasteiger charge is -2.26. The van der Waals surface area contributed by atoms with Crippen LogP contribution in [0.1, 0.15) is 23.1 Å². The van der Waals surface area contributed by atoms with Gasteiger partial charge in [-0.25, -0.2) is 4.39 Å². The Balaban J connectivity index is 2.12. The zero-order valence-corrected chi connectivity index (χ0v) is 11.1. The van der Waals surface area contributed by atoms with E-state index in [1.54, 1.807) is 6.07 Å². The quantitative estimate of drug-likeness (QED) is 0.899. The van der Waals surface area contributed by atoms with Gasteiger partial charge >= 0.3 is 0 Å². The maximum absolute atomic E-state index is 13.3. The number of hydrogen-bond acceptors (Lipinski definition) is 4. The number of rotatable bonds is 5. The Hall–Kier alpha value is -1.72. The van der Waals surface area contributed by atoms with Gasteiger partial charge < -0.3 is 10.3 Å². The summed E-state index contributed by atoms with van der Waals surface area (Å²) in [6.45, 7) is 2.87. The topological polar surface area (TPSA) is 55.3 Å². The van der Waals surface area contributed by atoms with Crippen LogP contribution in [0.4, 0.5) is 4.39 Å². The fourth-order valence-corrected chi connectivity index (χ4v) is 2.14. The summed E-state index contributed by atoms with van der Waals surface area (Å²) in [6.07, 6.45) is 0. The van der Waals surface area contributed by atoms with E-state index in [4.69, 9.17) is 10.3 Å². The highest BCUT2D eigenvalue weighted by Gasteiger charge is 2.17. The van der Waals surface area contributed by atoms with Gasteiger partial charge in [0.25, 0.3) is 0 Å². The third-order valence-corrected chi connectivity index (χ3v) is 3.08. The van der Waals surface area contributed by atoms with Crippen LogP contribution in [-0.4, -0.2) is 23.6 Å². The van der Waals surface area contributed by atoms with Gasteiger partial charge in [0.05, 0.1) is 5.69 Å². The molecule has 0 aliphatic heterocycles. The number of nitrogens with two attached hydrogens (primary N) is 1. The van der Waals surface area contributed by atoms with Gasteiger partial charge in [-0.05, 0) is 31.7 Å². The van der Waals surface area contributed by atoms with Gasteiger partial charge in [-0.2, -0.15) is 0 Å². The minimum absolute atomic E-state index is 0.0484. The van der Waals surface area contributed by atoms with E-state index in [1.807, 2.05) is 31.0 Å². The van der Waals surface area contributed by atoms with Crippen LogP contribution < -0.4 is 5.73 Å². The highest BCUT2D eigenvalue weighted by molar-refractivity contribution is 5.21. The molecule has 0 saturated carbocycles. The average molecular weight is 263 g/mol. The number of aromatic nitrogens is 1. The van der Waals surface area contributed by atoms with Gasteiger partial charge in [0.2, 0.25) is 0 Å². The van der Waals surface area contributed by atoms with Crippen LogP contribution in [0.2, 0.25) is 0 Å². The molecular formula is C14H18FN3O. The van der Waals surface area contributed by atoms with Crippen molar-refractivity contribution in [3.8, 4) is 0 Å². The Labute approximate surface area is 112 Å². The predicted molar refractivity (Wildman–Crippen MR) is 70.9 cm³/mol. The highest BCUT2D eigenvalue weighted by atomic mass is 19.1. The van der Waals surface area contributed by atoms with E-state index in [2.05, 4.69) is 5.16 Å². The molecule has 2 aromatic rings. The molecule has 0 bridgehead atoms. The molecule has 0 spiro atoms. The molecule has 1 unspecified atom stereocenters. The van der Waals surface area contributed by atoms with E-state index >= 15 is 0 Å². The number of likely N-dealkylation sites (N-methyl/N-ethyl adjacent to an activating group) is 1. The summed E-state index contributed by atoms with van der Waals surface area (Å²) < 4.78 is 18.3. The molecule has 0 aliphatic carbocycles. The number of nitrogens with zero attached hydrogens (tertiary/aromatic N) is 2. The minimum atomic E-state index is -0.248. The smallest absolute Gasteiger partial charge is 0.133 e. The summed E-state index contributed by atoms with van der Waals surface area (Å²) in [5, 5.41) is 3.95. The van der Waals surface area contributed by atoms with Crippen LogP contribution in [0.15, 0.2) is 34.9 Å². The first kappa shape index (κ1) is 13.7. The van der Waals surface area contributed by atoms with Crippen LogP contribution in [0.3, 0.4) is 0 Å². The minimum Gasteiger partial charge on any atom is -0.361 e. The number of halogens is 1. The number of aryl methyl sites for hydroxylation is 1. The lowest BCUT2D eigenvalue weighted by molar-refractivity contribution is 0.233. The van der Waals surface area contributed by atoms with E-state index < -0.39 is 0 Å². The van der Waals surface area contributed by atoms with Gasteiger partial charge in [0.1, 0.15) is 11.6 Å². The van der Waals surface area contributed by atoms with Crippen molar-refractivity contribution in [2.24, 2.45) is 5.73 Å². The Morgan fingerprint density at radius 1 is 1.42 bits per heavy atom. The monoisotopic (exact) mass is 263 g/mol. The van der Waals surface area contributed by atoms with Crippen molar-refractivity contribution in [2.75, 3.05) is 13.6 Å². The molecule has 0 aliphatic rings. The molecule has 4 nitrogen and oxygen atoms in total. The Morgan fingerprint density at radius 3 is 2.79 bits per heavy atom. The van der Waals surface area contributed by atoms with Gasteiger partial charge in [0, 0.05) is 25.2 Å². The average Bonchev–Trinajstić information content (AvgIpc) is 2.75. The summed E-state index contributed by atoms with van der Waals surface area (Å²) in [6, 6.07) is 8.36. The molecule has 1 aromatic carbocycles. The molecule has 102 valence electrons. The SMILES string of the molecule is Cc1cc(CN(C)C(CN)c2cccc(F)c2)no1. The van der Waals surface area contributed by atoms with Gasteiger partial charge in [-0.1, -0.05) is 17.3 Å². The maximum atomic E-state index is 13.3. The van der Waals surface area contributed by atoms with Crippen LogP contribution in [0.5, 0.6) is 0 Å². The molecule has 0 fully saturated rings. The zero-order valence-electron chi connectivity index (χ0n) is 11.1. The maximum Gasteiger partial charge on any atom is 0.133 e. The summed E-state index contributed by atoms with van der Waals surface area (Å²) in [4.78, 5) is 2.03. The summed E-state index contributed by atoms with van der Waals surface area (Å²) in [5.74, 6) is 0.528. The molecule has 1 heterocycles. The molecule has 5 heteroatoms. The molecule has 1 atom stereocenters. The van der Waals surface area contributed by atoms with E-state index in [-0.39, 0.29) is 11.9 Å². The second-order valence-corrected chi connectivity index (χ2v) is 4.65. The van der Waals surface area contributed by atoms with Crippen molar-refractivity contribution in [1.29, 1.82) is 0 Å². The van der Waals surface area contributed by atoms with Gasteiger partial charge in [0.15, 0.2) is 0 Å². The first-order valence-corrected chi connectivity index (χ1v) is 6.18. The first-order chi connectivity index (χ1) is 9.10. The van der Waals surface area contributed by atoms with Gasteiger partial charge in [-0.3, -0.25) is 4.90 Å². The standard InChI is InChI=1S/C14H18FN3O/c1-10-6-13(17-19-10)9-18(2)14(8-16)11-4-3-5-12(15)7-11/h3-7,14H,8-9,16H2,1-2H3. The van der Waals surface area contributed by atoms with Crippen molar-refractivity contribution in [3.05, 3.63) is 53.2 Å². The van der Waals surface area contributed by atoms with Crippen LogP contribution in [0, 0.1) is 12.7 Å². The normalized spacial score (nSPS) is 12.9. The summed E-state index contributed by atoms with van der Waals surface area (Å²) >= 11 is 0. The molecule has 19 heavy (non-hydrogen) atoms. The Bertz CT molecular complexity index is 541. The van der Waals surface area contributed by atoms with E-state index in [1.165, 1.54) is 12.1 Å². The number of hydrogen-bond donors (Lipinski definition) is 1. The molecular weight excluding hydrogens is 245 g/mol. The third kappa shape index (κ3) is 3.39. The van der Waals surface area contributed by atoms with Crippen molar-refractivity contribution in [1.82, 2.24) is 10.1 Å². The second kappa shape index (κ2) is 5.95. The largest absolute Gasteiger partial charge is 0.361 e. The molecule has 0 saturated heterocycles. The molecule has 2 rings (SSSR count). The van der Waals surface area contributed by atoms with Crippen molar-refractivity contribution < 1.29 is 8.91 Å². The Kier molecular flexibility index (Phi) is 4.29. The predicted octanol–water partition coefficient (Wildman–Crippen LogP) is 2.25. The van der Waals surface area contributed by atoms with Gasteiger partial charge in [-0.15, -0.1) is 0 Å². The molecule has 1 aromatic heterocycles. The fourth-order valence-electron chi connectivity index (χ4n) is 2.14. The third-order valence-electron chi connectivity index (χ3n) is 3.08. The lowest BCUT2D eigenvalue weighted by atomic mass is 10.1. The van der Waals surface area contributed by atoms with Crippen LogP contribution in [0.25, 0.3) is 0 Å². The molecule has 2 N–H and O–H groups in total. The molecule has 0 amide bonds. The van der Waals surface area contributed by atoms with Crippen molar-refractivity contribution in [2.45, 2.75) is 19.5 Å². The fraction of sp³-hybridized carbons (Fsp3) is 0.357. The van der Waals surface area contributed by atoms with E-state index in [0.717, 1.165) is 17.0 Å². The van der Waals surface area contributed by atoms with Crippen LogP contribution in [-0.2, 0) is 6.54 Å².